The molecule has 0 saturated carbocycles. The molecular formula is C18H25NO6. The van der Waals surface area contributed by atoms with E-state index in [9.17, 15) is 9.59 Å². The van der Waals surface area contributed by atoms with Crippen molar-refractivity contribution in [3.05, 3.63) is 23.8 Å². The number of carbonyl (C=O) groups is 2. The molecule has 1 aliphatic rings. The molecule has 1 aromatic carbocycles. The molecule has 1 aliphatic heterocycles. The van der Waals surface area contributed by atoms with Crippen molar-refractivity contribution in [1.29, 1.82) is 0 Å². The van der Waals surface area contributed by atoms with Gasteiger partial charge in [0.05, 0.1) is 6.10 Å². The molecule has 1 N–H and O–H groups in total. The minimum atomic E-state index is -0.863. The van der Waals surface area contributed by atoms with Gasteiger partial charge in [0, 0.05) is 6.42 Å². The van der Waals surface area contributed by atoms with Gasteiger partial charge in [-0.1, -0.05) is 6.07 Å². The molecule has 2 rings (SSSR count). The Morgan fingerprint density at radius 1 is 1.20 bits per heavy atom. The number of fused-ring (bicyclic) bond motifs is 1. The summed E-state index contributed by atoms with van der Waals surface area (Å²) in [5.41, 5.74) is 0.154. The summed E-state index contributed by atoms with van der Waals surface area (Å²) in [7, 11) is 0. The van der Waals surface area contributed by atoms with Gasteiger partial charge >= 0.3 is 12.1 Å². The largest absolute Gasteiger partial charge is 0.461 e. The molecule has 1 aromatic rings. The normalized spacial score (nSPS) is 14.2. The Morgan fingerprint density at radius 3 is 2.52 bits per heavy atom. The van der Waals surface area contributed by atoms with Crippen molar-refractivity contribution in [2.24, 2.45) is 0 Å². The van der Waals surface area contributed by atoms with Gasteiger partial charge in [-0.2, -0.15) is 0 Å². The van der Waals surface area contributed by atoms with Crippen molar-refractivity contribution >= 4 is 12.1 Å². The zero-order valence-electron chi connectivity index (χ0n) is 15.3. The fourth-order valence-electron chi connectivity index (χ4n) is 2.26. The molecule has 25 heavy (non-hydrogen) atoms. The van der Waals surface area contributed by atoms with Crippen LogP contribution in [0, 0.1) is 0 Å². The summed E-state index contributed by atoms with van der Waals surface area (Å²) in [5, 5.41) is 2.59. The second-order valence-electron chi connectivity index (χ2n) is 7.08. The number of amides is 1. The second kappa shape index (κ2) is 7.63. The first kappa shape index (κ1) is 18.9. The van der Waals surface area contributed by atoms with E-state index in [-0.39, 0.29) is 19.3 Å². The van der Waals surface area contributed by atoms with E-state index in [0.29, 0.717) is 11.5 Å². The number of rotatable bonds is 5. The van der Waals surface area contributed by atoms with Crippen molar-refractivity contribution in [2.45, 2.75) is 58.8 Å². The summed E-state index contributed by atoms with van der Waals surface area (Å²) in [5.74, 6) is 0.759. The van der Waals surface area contributed by atoms with Gasteiger partial charge < -0.3 is 24.3 Å². The van der Waals surface area contributed by atoms with Crippen LogP contribution in [0.5, 0.6) is 11.5 Å². The molecule has 1 atom stereocenters. The Kier molecular flexibility index (Phi) is 5.77. The molecular weight excluding hydrogens is 326 g/mol. The highest BCUT2D eigenvalue weighted by molar-refractivity contribution is 5.82. The molecule has 0 aromatic heterocycles. The van der Waals surface area contributed by atoms with E-state index in [1.807, 2.05) is 6.07 Å². The standard InChI is InChI=1S/C18H25NO6/c1-11(2)24-16(20)13(19-17(21)25-18(3,4)5)8-12-6-7-14-15(9-12)23-10-22-14/h6-7,9,11,13H,8,10H2,1-5H3,(H,19,21)/t13-/m1/s1. The lowest BCUT2D eigenvalue weighted by molar-refractivity contribution is -0.149. The molecule has 0 spiro atoms. The van der Waals surface area contributed by atoms with E-state index in [4.69, 9.17) is 18.9 Å². The molecule has 7 nitrogen and oxygen atoms in total. The van der Waals surface area contributed by atoms with Crippen LogP contribution in [0.25, 0.3) is 0 Å². The smallest absolute Gasteiger partial charge is 0.408 e. The van der Waals surface area contributed by atoms with Crippen molar-refractivity contribution in [3.63, 3.8) is 0 Å². The highest BCUT2D eigenvalue weighted by Gasteiger charge is 2.27. The van der Waals surface area contributed by atoms with Crippen LogP contribution in [0.3, 0.4) is 0 Å². The number of carbonyl (C=O) groups excluding carboxylic acids is 2. The Bertz CT molecular complexity index is 635. The zero-order valence-corrected chi connectivity index (χ0v) is 15.3. The molecule has 138 valence electrons. The summed E-state index contributed by atoms with van der Waals surface area (Å²) in [6.45, 7) is 8.95. The number of hydrogen-bond acceptors (Lipinski definition) is 6. The maximum Gasteiger partial charge on any atom is 0.408 e. The fraction of sp³-hybridized carbons (Fsp3) is 0.556. The van der Waals surface area contributed by atoms with Gasteiger partial charge in [0.25, 0.3) is 0 Å². The van der Waals surface area contributed by atoms with Gasteiger partial charge in [-0.15, -0.1) is 0 Å². The molecule has 0 bridgehead atoms. The topological polar surface area (TPSA) is 83.1 Å². The number of hydrogen-bond donors (Lipinski definition) is 1. The van der Waals surface area contributed by atoms with Crippen LogP contribution in [0.1, 0.15) is 40.2 Å². The first-order chi connectivity index (χ1) is 11.6. The fourth-order valence-corrected chi connectivity index (χ4v) is 2.26. The van der Waals surface area contributed by atoms with Crippen molar-refractivity contribution < 1.29 is 28.5 Å². The molecule has 0 unspecified atom stereocenters. The maximum absolute atomic E-state index is 12.3. The molecule has 1 amide bonds. The number of esters is 1. The molecule has 7 heteroatoms. The van der Waals surface area contributed by atoms with E-state index >= 15 is 0 Å². The van der Waals surface area contributed by atoms with Crippen molar-refractivity contribution in [2.75, 3.05) is 6.79 Å². The Hall–Kier alpha value is -2.44. The summed E-state index contributed by atoms with van der Waals surface area (Å²) < 4.78 is 21.1. The summed E-state index contributed by atoms with van der Waals surface area (Å²) in [4.78, 5) is 24.4. The van der Waals surface area contributed by atoms with Gasteiger partial charge in [0.15, 0.2) is 11.5 Å². The van der Waals surface area contributed by atoms with Crippen molar-refractivity contribution in [1.82, 2.24) is 5.32 Å². The third-order valence-electron chi connectivity index (χ3n) is 3.20. The van der Waals surface area contributed by atoms with Crippen LogP contribution >= 0.6 is 0 Å². The molecule has 0 radical (unpaired) electrons. The quantitative estimate of drug-likeness (QED) is 0.822. The molecule has 0 saturated heterocycles. The molecule has 0 fully saturated rings. The van der Waals surface area contributed by atoms with Gasteiger partial charge in [-0.3, -0.25) is 0 Å². The zero-order chi connectivity index (χ0) is 18.6. The average Bonchev–Trinajstić information content (AvgIpc) is 2.91. The first-order valence-electron chi connectivity index (χ1n) is 8.22. The van der Waals surface area contributed by atoms with E-state index in [1.165, 1.54) is 0 Å². The van der Waals surface area contributed by atoms with E-state index < -0.39 is 23.7 Å². The average molecular weight is 351 g/mol. The number of benzene rings is 1. The number of ether oxygens (including phenoxy) is 4. The lowest BCUT2D eigenvalue weighted by atomic mass is 10.1. The van der Waals surface area contributed by atoms with E-state index in [0.717, 1.165) is 5.56 Å². The van der Waals surface area contributed by atoms with Gasteiger partial charge in [0.2, 0.25) is 6.79 Å². The monoisotopic (exact) mass is 351 g/mol. The van der Waals surface area contributed by atoms with Gasteiger partial charge in [0.1, 0.15) is 11.6 Å². The molecule has 0 aliphatic carbocycles. The summed E-state index contributed by atoms with van der Waals surface area (Å²) >= 11 is 0. The highest BCUT2D eigenvalue weighted by Crippen LogP contribution is 2.32. The summed E-state index contributed by atoms with van der Waals surface area (Å²) in [6, 6.07) is 4.52. The maximum atomic E-state index is 12.3. The minimum absolute atomic E-state index is 0.174. The van der Waals surface area contributed by atoms with Crippen LogP contribution in [-0.4, -0.2) is 36.6 Å². The number of nitrogens with one attached hydrogen (secondary N) is 1. The van der Waals surface area contributed by atoms with E-state index in [2.05, 4.69) is 5.32 Å². The minimum Gasteiger partial charge on any atom is -0.461 e. The SMILES string of the molecule is CC(C)OC(=O)[C@@H](Cc1ccc2c(c1)OCO2)NC(=O)OC(C)(C)C. The lowest BCUT2D eigenvalue weighted by Gasteiger charge is -2.23. The van der Waals surface area contributed by atoms with Crippen LogP contribution in [0.2, 0.25) is 0 Å². The second-order valence-corrected chi connectivity index (χ2v) is 7.08. The van der Waals surface area contributed by atoms with Gasteiger partial charge in [-0.05, 0) is 52.3 Å². The number of alkyl carbamates (subject to hydrolysis) is 1. The van der Waals surface area contributed by atoms with Crippen LogP contribution in [-0.2, 0) is 20.7 Å². The van der Waals surface area contributed by atoms with Crippen LogP contribution in [0.4, 0.5) is 4.79 Å². The first-order valence-corrected chi connectivity index (χ1v) is 8.22. The summed E-state index contributed by atoms with van der Waals surface area (Å²) in [6.07, 6.45) is -0.701. The Labute approximate surface area is 147 Å². The Balaban J connectivity index is 2.10. The highest BCUT2D eigenvalue weighted by atomic mass is 16.7. The van der Waals surface area contributed by atoms with Crippen LogP contribution in [0.15, 0.2) is 18.2 Å². The van der Waals surface area contributed by atoms with Gasteiger partial charge in [-0.25, -0.2) is 9.59 Å². The third kappa shape index (κ3) is 5.85. The predicted molar refractivity (Wildman–Crippen MR) is 90.7 cm³/mol. The predicted octanol–water partition coefficient (Wildman–Crippen LogP) is 2.80. The van der Waals surface area contributed by atoms with E-state index in [1.54, 1.807) is 46.8 Å². The van der Waals surface area contributed by atoms with Crippen LogP contribution < -0.4 is 14.8 Å². The molecule has 1 heterocycles. The Morgan fingerprint density at radius 2 is 1.88 bits per heavy atom. The van der Waals surface area contributed by atoms with Crippen molar-refractivity contribution in [3.8, 4) is 11.5 Å². The lowest BCUT2D eigenvalue weighted by Crippen LogP contribution is -2.46. The third-order valence-corrected chi connectivity index (χ3v) is 3.20.